The van der Waals surface area contributed by atoms with Gasteiger partial charge in [-0.15, -0.1) is 5.10 Å². The molecular formula is C13H22N4O2S. The van der Waals surface area contributed by atoms with Gasteiger partial charge in [-0.1, -0.05) is 32.1 Å². The second kappa shape index (κ2) is 6.07. The molecule has 7 heteroatoms. The Morgan fingerprint density at radius 1 is 1.50 bits per heavy atom. The monoisotopic (exact) mass is 298 g/mol. The number of hydrogen-bond donors (Lipinski definition) is 2. The van der Waals surface area contributed by atoms with Crippen LogP contribution in [0.3, 0.4) is 0 Å². The molecule has 0 saturated carbocycles. The number of anilines is 1. The van der Waals surface area contributed by atoms with Crippen LogP contribution in [0.25, 0.3) is 4.96 Å². The number of nitrogens with zero attached hydrogens (tertiary/aromatic N) is 3. The highest BCUT2D eigenvalue weighted by Gasteiger charge is 2.19. The van der Waals surface area contributed by atoms with Crippen LogP contribution >= 0.6 is 11.3 Å². The van der Waals surface area contributed by atoms with Crippen molar-refractivity contribution in [1.82, 2.24) is 14.6 Å². The number of aliphatic hydroxyl groups is 1. The Morgan fingerprint density at radius 3 is 2.85 bits per heavy atom. The molecule has 6 nitrogen and oxygen atoms in total. The lowest BCUT2D eigenvalue weighted by Gasteiger charge is -2.13. The van der Waals surface area contributed by atoms with E-state index in [9.17, 15) is 5.11 Å². The molecule has 1 atom stereocenters. The minimum Gasteiger partial charge on any atom is -0.391 e. The maximum Gasteiger partial charge on any atom is 0.214 e. The summed E-state index contributed by atoms with van der Waals surface area (Å²) in [4.78, 5) is 5.47. The smallest absolute Gasteiger partial charge is 0.214 e. The molecule has 2 heterocycles. The maximum atomic E-state index is 9.55. The highest BCUT2D eigenvalue weighted by atomic mass is 32.1. The molecule has 20 heavy (non-hydrogen) atoms. The van der Waals surface area contributed by atoms with E-state index in [0.717, 1.165) is 15.8 Å². The lowest BCUT2D eigenvalue weighted by molar-refractivity contribution is 0.0615. The van der Waals surface area contributed by atoms with Gasteiger partial charge >= 0.3 is 0 Å². The topological polar surface area (TPSA) is 71.7 Å². The molecule has 112 valence electrons. The fourth-order valence-electron chi connectivity index (χ4n) is 1.75. The molecule has 0 aromatic carbocycles. The third-order valence-electron chi connectivity index (χ3n) is 2.92. The van der Waals surface area contributed by atoms with Crippen molar-refractivity contribution in [2.45, 2.75) is 38.7 Å². The van der Waals surface area contributed by atoms with Crippen molar-refractivity contribution in [2.75, 3.05) is 25.6 Å². The molecule has 0 aliphatic carbocycles. The van der Waals surface area contributed by atoms with E-state index in [1.165, 1.54) is 11.3 Å². The SMILES string of the molecule is COCC(O)CCNc1nn2cc(C(C)(C)C)nc2s1. The molecule has 0 aliphatic heterocycles. The molecule has 0 bridgehead atoms. The Labute approximate surface area is 122 Å². The third kappa shape index (κ3) is 3.68. The summed E-state index contributed by atoms with van der Waals surface area (Å²) in [6.45, 7) is 7.42. The first kappa shape index (κ1) is 15.2. The zero-order valence-electron chi connectivity index (χ0n) is 12.4. The highest BCUT2D eigenvalue weighted by Crippen LogP contribution is 2.25. The molecule has 2 N–H and O–H groups in total. The molecule has 0 saturated heterocycles. The molecule has 0 spiro atoms. The number of aromatic nitrogens is 3. The van der Waals surface area contributed by atoms with E-state index in [1.807, 2.05) is 6.20 Å². The van der Waals surface area contributed by atoms with Crippen molar-refractivity contribution >= 4 is 21.4 Å². The summed E-state index contributed by atoms with van der Waals surface area (Å²) in [6.07, 6.45) is 2.16. The minimum atomic E-state index is -0.441. The van der Waals surface area contributed by atoms with Gasteiger partial charge in [-0.25, -0.2) is 9.50 Å². The van der Waals surface area contributed by atoms with E-state index >= 15 is 0 Å². The fourth-order valence-corrected chi connectivity index (χ4v) is 2.56. The first-order valence-electron chi connectivity index (χ1n) is 6.67. The van der Waals surface area contributed by atoms with Crippen molar-refractivity contribution in [3.05, 3.63) is 11.9 Å². The maximum absolute atomic E-state index is 9.55. The number of nitrogens with one attached hydrogen (secondary N) is 1. The zero-order chi connectivity index (χ0) is 14.8. The van der Waals surface area contributed by atoms with Crippen molar-refractivity contribution in [3.8, 4) is 0 Å². The van der Waals surface area contributed by atoms with Crippen molar-refractivity contribution in [2.24, 2.45) is 0 Å². The Bertz CT molecular complexity index is 527. The number of aliphatic hydroxyl groups excluding tert-OH is 1. The van der Waals surface area contributed by atoms with Gasteiger partial charge in [0.1, 0.15) is 0 Å². The fraction of sp³-hybridized carbons (Fsp3) is 0.692. The number of methoxy groups -OCH3 is 1. The van der Waals surface area contributed by atoms with Crippen LogP contribution in [-0.4, -0.2) is 46.1 Å². The largest absolute Gasteiger partial charge is 0.391 e. The standard InChI is InChI=1S/C13H22N4O2S/c1-13(2,3)10-7-17-12(15-10)20-11(16-17)14-6-5-9(18)8-19-4/h7,9,18H,5-6,8H2,1-4H3,(H,14,16). The van der Waals surface area contributed by atoms with E-state index in [2.05, 4.69) is 36.2 Å². The molecule has 2 aromatic rings. The average Bonchev–Trinajstić information content (AvgIpc) is 2.86. The molecule has 1 unspecified atom stereocenters. The number of imidazole rings is 1. The van der Waals surface area contributed by atoms with Crippen molar-refractivity contribution in [3.63, 3.8) is 0 Å². The highest BCUT2D eigenvalue weighted by molar-refractivity contribution is 7.20. The number of hydrogen-bond acceptors (Lipinski definition) is 6. The summed E-state index contributed by atoms with van der Waals surface area (Å²) in [7, 11) is 1.58. The van der Waals surface area contributed by atoms with Crippen molar-refractivity contribution < 1.29 is 9.84 Å². The van der Waals surface area contributed by atoms with Crippen LogP contribution in [0.5, 0.6) is 0 Å². The van der Waals surface area contributed by atoms with Gasteiger partial charge in [-0.3, -0.25) is 0 Å². The van der Waals surface area contributed by atoms with Crippen LogP contribution in [0.4, 0.5) is 5.13 Å². The van der Waals surface area contributed by atoms with Gasteiger partial charge in [0.2, 0.25) is 10.1 Å². The quantitative estimate of drug-likeness (QED) is 0.852. The minimum absolute atomic E-state index is 0.0330. The van der Waals surface area contributed by atoms with E-state index in [-0.39, 0.29) is 5.41 Å². The Balaban J connectivity index is 1.94. The van der Waals surface area contributed by atoms with Gasteiger partial charge in [0.05, 0.1) is 24.6 Å². The Morgan fingerprint density at radius 2 is 2.25 bits per heavy atom. The number of fused-ring (bicyclic) bond motifs is 1. The van der Waals surface area contributed by atoms with E-state index in [4.69, 9.17) is 4.74 Å². The summed E-state index contributed by atoms with van der Waals surface area (Å²) in [6, 6.07) is 0. The van der Waals surface area contributed by atoms with E-state index in [0.29, 0.717) is 19.6 Å². The van der Waals surface area contributed by atoms with Gasteiger partial charge in [-0.2, -0.15) is 0 Å². The molecule has 2 aromatic heterocycles. The molecule has 0 aliphatic rings. The van der Waals surface area contributed by atoms with Crippen LogP contribution in [0, 0.1) is 0 Å². The summed E-state index contributed by atoms with van der Waals surface area (Å²) in [5.41, 5.74) is 1.07. The van der Waals surface area contributed by atoms with Gasteiger partial charge in [0, 0.05) is 19.1 Å². The number of ether oxygens (including phenoxy) is 1. The summed E-state index contributed by atoms with van der Waals surface area (Å²) in [5.74, 6) is 0. The number of rotatable bonds is 6. The lowest BCUT2D eigenvalue weighted by atomic mass is 9.93. The van der Waals surface area contributed by atoms with Gasteiger partial charge < -0.3 is 15.2 Å². The Kier molecular flexibility index (Phi) is 4.62. The lowest BCUT2D eigenvalue weighted by Crippen LogP contribution is -2.18. The van der Waals surface area contributed by atoms with Crippen LogP contribution in [0.2, 0.25) is 0 Å². The second-order valence-corrected chi connectivity index (χ2v) is 6.79. The predicted octanol–water partition coefficient (Wildman–Crippen LogP) is 1.90. The van der Waals surface area contributed by atoms with Crippen LogP contribution in [-0.2, 0) is 10.2 Å². The molecular weight excluding hydrogens is 276 g/mol. The summed E-state index contributed by atoms with van der Waals surface area (Å²) < 4.78 is 6.69. The first-order chi connectivity index (χ1) is 9.40. The second-order valence-electron chi connectivity index (χ2n) is 5.84. The third-order valence-corrected chi connectivity index (χ3v) is 3.80. The van der Waals surface area contributed by atoms with Crippen LogP contribution in [0.1, 0.15) is 32.9 Å². The average molecular weight is 298 g/mol. The van der Waals surface area contributed by atoms with Crippen molar-refractivity contribution in [1.29, 1.82) is 0 Å². The Hall–Kier alpha value is -1.18. The molecule has 2 rings (SSSR count). The normalized spacial score (nSPS) is 13.8. The molecule has 0 radical (unpaired) electrons. The molecule has 0 fully saturated rings. The zero-order valence-corrected chi connectivity index (χ0v) is 13.2. The van der Waals surface area contributed by atoms with E-state index in [1.54, 1.807) is 11.6 Å². The van der Waals surface area contributed by atoms with Gasteiger partial charge in [0.15, 0.2) is 0 Å². The summed E-state index contributed by atoms with van der Waals surface area (Å²) >= 11 is 1.52. The predicted molar refractivity (Wildman–Crippen MR) is 80.6 cm³/mol. The first-order valence-corrected chi connectivity index (χ1v) is 7.49. The van der Waals surface area contributed by atoms with Gasteiger partial charge in [-0.05, 0) is 6.42 Å². The van der Waals surface area contributed by atoms with Crippen LogP contribution < -0.4 is 5.32 Å². The van der Waals surface area contributed by atoms with E-state index < -0.39 is 6.10 Å². The van der Waals surface area contributed by atoms with Crippen LogP contribution in [0.15, 0.2) is 6.20 Å². The summed E-state index contributed by atoms with van der Waals surface area (Å²) in [5, 5.41) is 18.0. The van der Waals surface area contributed by atoms with Gasteiger partial charge in [0.25, 0.3) is 0 Å². The molecule has 0 amide bonds.